The van der Waals surface area contributed by atoms with E-state index in [0.717, 1.165) is 11.3 Å². The molecule has 3 rings (SSSR count). The largest absolute Gasteiger partial charge is 0.489 e. The molecular formula is C22H32N6O4. The van der Waals surface area contributed by atoms with Crippen molar-refractivity contribution < 1.29 is 19.1 Å². The maximum atomic E-state index is 12.1. The molecule has 0 saturated carbocycles. The van der Waals surface area contributed by atoms with Gasteiger partial charge in [-0.15, -0.1) is 5.10 Å². The van der Waals surface area contributed by atoms with Crippen LogP contribution in [0, 0.1) is 6.92 Å². The minimum absolute atomic E-state index is 0.0528. The third-order valence-corrected chi connectivity index (χ3v) is 4.85. The van der Waals surface area contributed by atoms with Crippen LogP contribution in [0.5, 0.6) is 5.75 Å². The van der Waals surface area contributed by atoms with Crippen molar-refractivity contribution in [3.05, 3.63) is 41.7 Å². The van der Waals surface area contributed by atoms with Gasteiger partial charge in [-0.05, 0) is 46.2 Å². The van der Waals surface area contributed by atoms with Crippen molar-refractivity contribution >= 4 is 12.1 Å². The lowest BCUT2D eigenvalue weighted by molar-refractivity contribution is -0.000621. The molecule has 0 radical (unpaired) electrons. The van der Waals surface area contributed by atoms with Gasteiger partial charge in [0.05, 0.1) is 25.3 Å². The Balaban J connectivity index is 1.36. The van der Waals surface area contributed by atoms with E-state index in [4.69, 9.17) is 9.47 Å². The number of para-hydroxylation sites is 1. The SMILES string of the molecule is Cc1ccccc1OC(C)CNC(=O)NCc1cn(C2CN(C(=O)OC(C)(C)C)C2)nn1. The average Bonchev–Trinajstić information content (AvgIpc) is 3.12. The van der Waals surface area contributed by atoms with Gasteiger partial charge in [-0.25, -0.2) is 14.3 Å². The number of nitrogens with zero attached hydrogens (tertiary/aromatic N) is 4. The summed E-state index contributed by atoms with van der Waals surface area (Å²) in [4.78, 5) is 25.7. The second-order valence-electron chi connectivity index (χ2n) is 8.99. The minimum atomic E-state index is -0.515. The second-order valence-corrected chi connectivity index (χ2v) is 8.99. The lowest BCUT2D eigenvalue weighted by Gasteiger charge is -2.39. The number of rotatable bonds is 7. The molecule has 10 heteroatoms. The highest BCUT2D eigenvalue weighted by Crippen LogP contribution is 2.23. The summed E-state index contributed by atoms with van der Waals surface area (Å²) in [5, 5.41) is 13.8. The van der Waals surface area contributed by atoms with Crippen LogP contribution in [-0.2, 0) is 11.3 Å². The maximum Gasteiger partial charge on any atom is 0.410 e. The molecule has 1 aliphatic rings. The molecule has 0 bridgehead atoms. The summed E-state index contributed by atoms with van der Waals surface area (Å²) in [6.07, 6.45) is 1.28. The van der Waals surface area contributed by atoms with Gasteiger partial charge in [0.25, 0.3) is 0 Å². The summed E-state index contributed by atoms with van der Waals surface area (Å²) in [5.41, 5.74) is 1.17. The first-order chi connectivity index (χ1) is 15.1. The Hall–Kier alpha value is -3.30. The molecule has 1 aliphatic heterocycles. The third-order valence-electron chi connectivity index (χ3n) is 4.85. The van der Waals surface area contributed by atoms with Gasteiger partial charge in [0, 0.05) is 13.1 Å². The van der Waals surface area contributed by atoms with Crippen LogP contribution in [0.25, 0.3) is 0 Å². The topological polar surface area (TPSA) is 111 Å². The monoisotopic (exact) mass is 444 g/mol. The van der Waals surface area contributed by atoms with Crippen LogP contribution in [0.2, 0.25) is 0 Å². The standard InChI is InChI=1S/C22H32N6O4/c1-15-8-6-7-9-19(15)31-16(2)10-23-20(29)24-11-17-12-28(26-25-17)18-13-27(14-18)21(30)32-22(3,4)5/h6-9,12,16,18H,10-11,13-14H2,1-5H3,(H2,23,24,29). The van der Waals surface area contributed by atoms with E-state index in [9.17, 15) is 9.59 Å². The molecule has 2 heterocycles. The summed E-state index contributed by atoms with van der Waals surface area (Å²) in [7, 11) is 0. The molecule has 2 aromatic rings. The smallest absolute Gasteiger partial charge is 0.410 e. The molecule has 2 N–H and O–H groups in total. The van der Waals surface area contributed by atoms with Crippen LogP contribution < -0.4 is 15.4 Å². The molecule has 0 aliphatic carbocycles. The second kappa shape index (κ2) is 9.88. The fourth-order valence-electron chi connectivity index (χ4n) is 3.09. The molecule has 32 heavy (non-hydrogen) atoms. The normalized spacial score (nSPS) is 15.0. The molecule has 1 aromatic heterocycles. The van der Waals surface area contributed by atoms with Crippen molar-refractivity contribution in [3.8, 4) is 5.75 Å². The van der Waals surface area contributed by atoms with E-state index in [-0.39, 0.29) is 30.8 Å². The van der Waals surface area contributed by atoms with Gasteiger partial charge in [0.2, 0.25) is 0 Å². The Labute approximate surface area is 188 Å². The number of benzene rings is 1. The summed E-state index contributed by atoms with van der Waals surface area (Å²) in [6, 6.07) is 7.51. The highest BCUT2D eigenvalue weighted by Gasteiger charge is 2.35. The van der Waals surface area contributed by atoms with Crippen LogP contribution in [0.4, 0.5) is 9.59 Å². The number of carbonyl (C=O) groups excluding carboxylic acids is 2. The van der Waals surface area contributed by atoms with E-state index >= 15 is 0 Å². The number of aryl methyl sites for hydroxylation is 1. The van der Waals surface area contributed by atoms with E-state index < -0.39 is 5.60 Å². The Morgan fingerprint density at radius 1 is 1.22 bits per heavy atom. The number of ether oxygens (including phenoxy) is 2. The Bertz CT molecular complexity index is 932. The summed E-state index contributed by atoms with van der Waals surface area (Å²) >= 11 is 0. The number of hydrogen-bond donors (Lipinski definition) is 2. The molecule has 1 atom stereocenters. The van der Waals surface area contributed by atoms with Crippen LogP contribution in [0.15, 0.2) is 30.5 Å². The van der Waals surface area contributed by atoms with Gasteiger partial charge in [-0.3, -0.25) is 0 Å². The first-order valence-electron chi connectivity index (χ1n) is 10.7. The van der Waals surface area contributed by atoms with E-state index in [2.05, 4.69) is 20.9 Å². The van der Waals surface area contributed by atoms with Crippen LogP contribution in [0.3, 0.4) is 0 Å². The lowest BCUT2D eigenvalue weighted by atomic mass is 10.1. The van der Waals surface area contributed by atoms with Crippen molar-refractivity contribution in [2.75, 3.05) is 19.6 Å². The van der Waals surface area contributed by atoms with Crippen molar-refractivity contribution in [2.45, 2.75) is 58.9 Å². The summed E-state index contributed by atoms with van der Waals surface area (Å²) in [5.74, 6) is 0.806. The highest BCUT2D eigenvalue weighted by molar-refractivity contribution is 5.73. The van der Waals surface area contributed by atoms with Gasteiger partial charge in [0.1, 0.15) is 23.1 Å². The molecular weight excluding hydrogens is 412 g/mol. The van der Waals surface area contributed by atoms with E-state index in [1.807, 2.05) is 58.9 Å². The van der Waals surface area contributed by atoms with Gasteiger partial charge < -0.3 is 25.0 Å². The molecule has 1 aromatic carbocycles. The van der Waals surface area contributed by atoms with E-state index in [0.29, 0.717) is 25.3 Å². The average molecular weight is 445 g/mol. The Morgan fingerprint density at radius 2 is 1.94 bits per heavy atom. The number of hydrogen-bond acceptors (Lipinski definition) is 6. The number of urea groups is 1. The summed E-state index contributed by atoms with van der Waals surface area (Å²) < 4.78 is 12.9. The first kappa shape index (κ1) is 23.4. The molecule has 3 amide bonds. The number of likely N-dealkylation sites (tertiary alicyclic amines) is 1. The van der Waals surface area contributed by atoms with E-state index in [1.54, 1.807) is 15.8 Å². The van der Waals surface area contributed by atoms with Crippen molar-refractivity contribution in [1.29, 1.82) is 0 Å². The fourth-order valence-corrected chi connectivity index (χ4v) is 3.09. The lowest BCUT2D eigenvalue weighted by Crippen LogP contribution is -2.52. The zero-order valence-electron chi connectivity index (χ0n) is 19.3. The van der Waals surface area contributed by atoms with Gasteiger partial charge in [0.15, 0.2) is 0 Å². The molecule has 10 nitrogen and oxygen atoms in total. The fraction of sp³-hybridized carbons (Fsp3) is 0.545. The molecule has 1 fully saturated rings. The molecule has 174 valence electrons. The highest BCUT2D eigenvalue weighted by atomic mass is 16.6. The number of aromatic nitrogens is 3. The summed E-state index contributed by atoms with van der Waals surface area (Å²) in [6.45, 7) is 11.1. The Morgan fingerprint density at radius 3 is 2.62 bits per heavy atom. The van der Waals surface area contributed by atoms with Crippen molar-refractivity contribution in [3.63, 3.8) is 0 Å². The predicted molar refractivity (Wildman–Crippen MR) is 118 cm³/mol. The van der Waals surface area contributed by atoms with Gasteiger partial charge >= 0.3 is 12.1 Å². The van der Waals surface area contributed by atoms with Crippen molar-refractivity contribution in [1.82, 2.24) is 30.5 Å². The maximum absolute atomic E-state index is 12.1. The number of amides is 3. The molecule has 1 saturated heterocycles. The van der Waals surface area contributed by atoms with Gasteiger partial charge in [-0.1, -0.05) is 23.4 Å². The number of carbonyl (C=O) groups is 2. The zero-order chi connectivity index (χ0) is 23.3. The van der Waals surface area contributed by atoms with E-state index in [1.165, 1.54) is 0 Å². The third kappa shape index (κ3) is 6.60. The van der Waals surface area contributed by atoms with Crippen LogP contribution in [0.1, 0.15) is 45.0 Å². The molecule has 1 unspecified atom stereocenters. The van der Waals surface area contributed by atoms with Gasteiger partial charge in [-0.2, -0.15) is 0 Å². The van der Waals surface area contributed by atoms with Crippen molar-refractivity contribution in [2.24, 2.45) is 0 Å². The first-order valence-corrected chi connectivity index (χ1v) is 10.7. The minimum Gasteiger partial charge on any atom is -0.489 e. The zero-order valence-corrected chi connectivity index (χ0v) is 19.3. The predicted octanol–water partition coefficient (Wildman–Crippen LogP) is 2.65. The molecule has 0 spiro atoms. The van der Waals surface area contributed by atoms with Crippen LogP contribution in [-0.4, -0.2) is 63.4 Å². The quantitative estimate of drug-likeness (QED) is 0.679. The number of nitrogens with one attached hydrogen (secondary N) is 2. The van der Waals surface area contributed by atoms with Crippen LogP contribution >= 0.6 is 0 Å². The Kier molecular flexibility index (Phi) is 7.22.